The quantitative estimate of drug-likeness (QED) is 0.148. The predicted molar refractivity (Wildman–Crippen MR) is 262 cm³/mol. The molecule has 0 radical (unpaired) electrons. The molecule has 298 valence electrons. The first-order chi connectivity index (χ1) is 30.4. The van der Waals surface area contributed by atoms with Crippen LogP contribution in [0.5, 0.6) is 0 Å². The highest BCUT2D eigenvalue weighted by Gasteiger charge is 2.51. The van der Waals surface area contributed by atoms with E-state index in [0.29, 0.717) is 0 Å². The number of benzene rings is 9. The number of nitrogens with zero attached hydrogens (tertiary/aromatic N) is 1. The van der Waals surface area contributed by atoms with Crippen LogP contribution in [0.4, 0.5) is 17.1 Å². The van der Waals surface area contributed by atoms with E-state index in [2.05, 4.69) is 233 Å². The first-order valence-corrected chi connectivity index (χ1v) is 22.1. The third-order valence-corrected chi connectivity index (χ3v) is 13.4. The van der Waals surface area contributed by atoms with Crippen LogP contribution in [0.3, 0.4) is 0 Å². The van der Waals surface area contributed by atoms with Gasteiger partial charge in [-0.2, -0.15) is 0 Å². The van der Waals surface area contributed by atoms with E-state index in [1.807, 2.05) is 0 Å². The Hall–Kier alpha value is -7.22. The summed E-state index contributed by atoms with van der Waals surface area (Å²) in [5, 5.41) is 0. The van der Waals surface area contributed by atoms with Crippen LogP contribution in [0.25, 0.3) is 55.6 Å². The molecule has 11 rings (SSSR count). The summed E-state index contributed by atoms with van der Waals surface area (Å²) in [4.78, 5) is 2.44. The maximum Gasteiger partial charge on any atom is 0.0726 e. The third-order valence-electron chi connectivity index (χ3n) is 13.4. The van der Waals surface area contributed by atoms with Crippen molar-refractivity contribution in [1.29, 1.82) is 0 Å². The van der Waals surface area contributed by atoms with Crippen molar-refractivity contribution in [3.8, 4) is 55.6 Å². The van der Waals surface area contributed by atoms with Crippen LogP contribution < -0.4 is 4.90 Å². The molecule has 0 amide bonds. The number of aryl methyl sites for hydroxylation is 4. The molecule has 0 N–H and O–H groups in total. The van der Waals surface area contributed by atoms with Crippen molar-refractivity contribution in [3.63, 3.8) is 0 Å². The van der Waals surface area contributed by atoms with Crippen molar-refractivity contribution in [2.24, 2.45) is 0 Å². The number of rotatable bonds is 8. The second kappa shape index (κ2) is 15.0. The average Bonchev–Trinajstić information content (AvgIpc) is 3.77. The largest absolute Gasteiger partial charge is 0.310 e. The van der Waals surface area contributed by atoms with Gasteiger partial charge >= 0.3 is 0 Å². The summed E-state index contributed by atoms with van der Waals surface area (Å²) in [6.07, 6.45) is 2.26. The van der Waals surface area contributed by atoms with Gasteiger partial charge in [0.25, 0.3) is 0 Å². The zero-order valence-corrected chi connectivity index (χ0v) is 35.9. The van der Waals surface area contributed by atoms with Crippen LogP contribution in [0.1, 0.15) is 57.9 Å². The van der Waals surface area contributed by atoms with E-state index in [-0.39, 0.29) is 0 Å². The minimum Gasteiger partial charge on any atom is -0.310 e. The van der Waals surface area contributed by atoms with Gasteiger partial charge in [0.15, 0.2) is 0 Å². The first kappa shape index (κ1) is 37.8. The molecule has 2 aliphatic carbocycles. The van der Waals surface area contributed by atoms with Gasteiger partial charge in [0.1, 0.15) is 0 Å². The van der Waals surface area contributed by atoms with E-state index in [9.17, 15) is 0 Å². The molecule has 0 saturated heterocycles. The summed E-state index contributed by atoms with van der Waals surface area (Å²) in [6, 6.07) is 75.5. The molecule has 0 atom stereocenters. The maximum absolute atomic E-state index is 2.49. The number of anilines is 3. The SMILES string of the molecule is CCCc1ccc(-c2ccc(N(c3ccc(-c4cc(-c5cc(C)cc(C)c5)ccc4C)cc3)c3ccc4c(c3)C3(c5ccccc5-c5ccccc53)c3ccccc3-4)cc2)cc1. The zero-order chi connectivity index (χ0) is 42.0. The Balaban J connectivity index is 1.06. The van der Waals surface area contributed by atoms with Gasteiger partial charge in [0.2, 0.25) is 0 Å². The van der Waals surface area contributed by atoms with Gasteiger partial charge in [-0.1, -0.05) is 182 Å². The minimum atomic E-state index is -0.420. The monoisotopic (exact) mass is 795 g/mol. The highest BCUT2D eigenvalue weighted by Crippen LogP contribution is 2.63. The summed E-state index contributed by atoms with van der Waals surface area (Å²) in [7, 11) is 0. The number of hydrogen-bond donors (Lipinski definition) is 0. The fourth-order valence-electron chi connectivity index (χ4n) is 10.7. The van der Waals surface area contributed by atoms with Gasteiger partial charge in [0, 0.05) is 17.1 Å². The van der Waals surface area contributed by atoms with Crippen molar-refractivity contribution in [2.75, 3.05) is 4.90 Å². The van der Waals surface area contributed by atoms with E-state index in [1.54, 1.807) is 0 Å². The smallest absolute Gasteiger partial charge is 0.0726 e. The molecular weight excluding hydrogens is 747 g/mol. The van der Waals surface area contributed by atoms with Crippen molar-refractivity contribution in [3.05, 3.63) is 245 Å². The zero-order valence-electron chi connectivity index (χ0n) is 35.9. The molecule has 0 aromatic heterocycles. The predicted octanol–water partition coefficient (Wildman–Crippen LogP) is 16.4. The highest BCUT2D eigenvalue weighted by atomic mass is 15.1. The molecule has 9 aromatic rings. The molecule has 62 heavy (non-hydrogen) atoms. The van der Waals surface area contributed by atoms with Gasteiger partial charge in [-0.05, 0) is 159 Å². The Morgan fingerprint density at radius 3 is 1.37 bits per heavy atom. The van der Waals surface area contributed by atoms with Crippen LogP contribution >= 0.6 is 0 Å². The minimum absolute atomic E-state index is 0.420. The molecule has 0 unspecified atom stereocenters. The second-order valence-corrected chi connectivity index (χ2v) is 17.4. The highest BCUT2D eigenvalue weighted by molar-refractivity contribution is 5.96. The molecule has 2 aliphatic rings. The summed E-state index contributed by atoms with van der Waals surface area (Å²) in [5.74, 6) is 0. The summed E-state index contributed by atoms with van der Waals surface area (Å²) >= 11 is 0. The molecule has 0 bridgehead atoms. The Morgan fingerprint density at radius 2 is 0.823 bits per heavy atom. The normalized spacial score (nSPS) is 12.8. The molecule has 1 spiro atoms. The van der Waals surface area contributed by atoms with Gasteiger partial charge in [-0.25, -0.2) is 0 Å². The third kappa shape index (κ3) is 6.06. The fourth-order valence-corrected chi connectivity index (χ4v) is 10.7. The Kier molecular flexibility index (Phi) is 9.16. The van der Waals surface area contributed by atoms with Gasteiger partial charge in [-0.15, -0.1) is 0 Å². The van der Waals surface area contributed by atoms with E-state index in [0.717, 1.165) is 29.9 Å². The van der Waals surface area contributed by atoms with Gasteiger partial charge in [-0.3, -0.25) is 0 Å². The molecule has 0 heterocycles. The van der Waals surface area contributed by atoms with Gasteiger partial charge in [0.05, 0.1) is 5.41 Å². The van der Waals surface area contributed by atoms with Crippen LogP contribution in [0.15, 0.2) is 200 Å². The lowest BCUT2D eigenvalue weighted by molar-refractivity contribution is 0.793. The average molecular weight is 796 g/mol. The topological polar surface area (TPSA) is 3.24 Å². The van der Waals surface area contributed by atoms with E-state index in [4.69, 9.17) is 0 Å². The van der Waals surface area contributed by atoms with Crippen LogP contribution in [-0.2, 0) is 11.8 Å². The van der Waals surface area contributed by atoms with E-state index >= 15 is 0 Å². The van der Waals surface area contributed by atoms with Crippen molar-refractivity contribution in [2.45, 2.75) is 46.0 Å². The molecule has 9 aromatic carbocycles. The Morgan fingerprint density at radius 1 is 0.355 bits per heavy atom. The molecule has 0 aliphatic heterocycles. The number of hydrogen-bond acceptors (Lipinski definition) is 1. The van der Waals surface area contributed by atoms with Crippen molar-refractivity contribution >= 4 is 17.1 Å². The standard InChI is InChI=1S/C61H49N/c1-5-12-43-20-23-44(24-21-43)45-25-29-49(30-26-45)62(50-31-27-46(28-32-50)56-38-47(22-19-42(56)4)48-36-40(2)35-41(3)37-48)51-33-34-55-54-15-8-11-18-59(54)61(60(55)39-51)57-16-9-6-13-52(57)53-14-7-10-17-58(53)61/h6-11,13-39H,5,12H2,1-4H3. The van der Waals surface area contributed by atoms with Gasteiger partial charge < -0.3 is 4.90 Å². The Labute approximate surface area is 366 Å². The lowest BCUT2D eigenvalue weighted by atomic mass is 9.70. The lowest BCUT2D eigenvalue weighted by Gasteiger charge is -2.32. The van der Waals surface area contributed by atoms with E-state index in [1.165, 1.54) is 100 Å². The first-order valence-electron chi connectivity index (χ1n) is 22.1. The molecule has 1 nitrogen and oxygen atoms in total. The number of fused-ring (bicyclic) bond motifs is 10. The molecular formula is C61H49N. The van der Waals surface area contributed by atoms with Crippen molar-refractivity contribution < 1.29 is 0 Å². The second-order valence-electron chi connectivity index (χ2n) is 17.4. The maximum atomic E-state index is 2.49. The molecule has 0 saturated carbocycles. The summed E-state index contributed by atoms with van der Waals surface area (Å²) in [6.45, 7) is 8.82. The van der Waals surface area contributed by atoms with Crippen LogP contribution in [0, 0.1) is 20.8 Å². The molecule has 1 heteroatoms. The summed E-state index contributed by atoms with van der Waals surface area (Å²) < 4.78 is 0. The van der Waals surface area contributed by atoms with Crippen LogP contribution in [-0.4, -0.2) is 0 Å². The van der Waals surface area contributed by atoms with E-state index < -0.39 is 5.41 Å². The van der Waals surface area contributed by atoms with Crippen molar-refractivity contribution in [1.82, 2.24) is 0 Å². The fraction of sp³-hybridized carbons (Fsp3) is 0.115. The van der Waals surface area contributed by atoms with Crippen LogP contribution in [0.2, 0.25) is 0 Å². The molecule has 0 fully saturated rings. The summed E-state index contributed by atoms with van der Waals surface area (Å²) in [5.41, 5.74) is 26.2. The lowest BCUT2D eigenvalue weighted by Crippen LogP contribution is -2.26. The Bertz CT molecular complexity index is 3070.